The van der Waals surface area contributed by atoms with Gasteiger partial charge in [-0.2, -0.15) is 0 Å². The number of esters is 1. The lowest BCUT2D eigenvalue weighted by Gasteiger charge is -2.12. The molecule has 2 rings (SSSR count). The van der Waals surface area contributed by atoms with Crippen molar-refractivity contribution in [3.05, 3.63) is 58.1 Å². The van der Waals surface area contributed by atoms with E-state index in [4.69, 9.17) is 14.2 Å². The first-order chi connectivity index (χ1) is 10.6. The zero-order chi connectivity index (χ0) is 15.9. The summed E-state index contributed by atoms with van der Waals surface area (Å²) in [7, 11) is 3.00. The van der Waals surface area contributed by atoms with Gasteiger partial charge in [0.2, 0.25) is 0 Å². The predicted octanol–water partition coefficient (Wildman–Crippen LogP) is 3.75. The smallest absolute Gasteiger partial charge is 0.310 e. The fourth-order valence-electron chi connectivity index (χ4n) is 1.98. The number of carbonyl (C=O) groups is 1. The monoisotopic (exact) mass is 364 g/mol. The third-order valence-electron chi connectivity index (χ3n) is 3.15. The largest absolute Gasteiger partial charge is 0.496 e. The summed E-state index contributed by atoms with van der Waals surface area (Å²) in [5.41, 5.74) is 1.81. The third-order valence-corrected chi connectivity index (χ3v) is 3.77. The maximum Gasteiger partial charge on any atom is 0.310 e. The molecule has 116 valence electrons. The van der Waals surface area contributed by atoms with Crippen LogP contribution < -0.4 is 9.47 Å². The molecule has 0 saturated heterocycles. The minimum Gasteiger partial charge on any atom is -0.496 e. The van der Waals surface area contributed by atoms with E-state index in [1.807, 2.05) is 42.5 Å². The highest BCUT2D eigenvalue weighted by Gasteiger charge is 2.09. The summed E-state index contributed by atoms with van der Waals surface area (Å²) >= 11 is 3.45. The quantitative estimate of drug-likeness (QED) is 0.732. The highest BCUT2D eigenvalue weighted by Crippen LogP contribution is 2.26. The van der Waals surface area contributed by atoms with Crippen LogP contribution in [-0.4, -0.2) is 20.2 Å². The molecule has 0 atom stereocenters. The summed E-state index contributed by atoms with van der Waals surface area (Å²) in [6, 6.07) is 13.2. The predicted molar refractivity (Wildman–Crippen MR) is 87.2 cm³/mol. The summed E-state index contributed by atoms with van der Waals surface area (Å²) in [4.78, 5) is 11.4. The van der Waals surface area contributed by atoms with Gasteiger partial charge in [0, 0.05) is 5.56 Å². The van der Waals surface area contributed by atoms with Crippen LogP contribution in [-0.2, 0) is 22.6 Å². The molecular formula is C17H17BrO4. The van der Waals surface area contributed by atoms with Gasteiger partial charge in [0.05, 0.1) is 25.1 Å². The Bertz CT molecular complexity index is 655. The molecule has 0 saturated carbocycles. The SMILES string of the molecule is COC(=O)Cc1ccccc1OCc1ccc(OC)c(Br)c1. The molecule has 0 aliphatic rings. The highest BCUT2D eigenvalue weighted by molar-refractivity contribution is 9.10. The molecular weight excluding hydrogens is 348 g/mol. The van der Waals surface area contributed by atoms with Crippen molar-refractivity contribution in [1.82, 2.24) is 0 Å². The van der Waals surface area contributed by atoms with Gasteiger partial charge in [-0.3, -0.25) is 4.79 Å². The Balaban J connectivity index is 2.08. The zero-order valence-electron chi connectivity index (χ0n) is 12.5. The van der Waals surface area contributed by atoms with Gasteiger partial charge in [-0.05, 0) is 39.7 Å². The first-order valence-electron chi connectivity index (χ1n) is 6.74. The molecule has 5 heteroatoms. The second-order valence-electron chi connectivity index (χ2n) is 4.62. The van der Waals surface area contributed by atoms with Crippen molar-refractivity contribution in [3.63, 3.8) is 0 Å². The topological polar surface area (TPSA) is 44.8 Å². The number of hydrogen-bond acceptors (Lipinski definition) is 4. The number of para-hydroxylation sites is 1. The van der Waals surface area contributed by atoms with Crippen molar-refractivity contribution in [2.75, 3.05) is 14.2 Å². The Morgan fingerprint density at radius 1 is 1.09 bits per heavy atom. The molecule has 0 fully saturated rings. The van der Waals surface area contributed by atoms with E-state index in [1.165, 1.54) is 7.11 Å². The van der Waals surface area contributed by atoms with E-state index >= 15 is 0 Å². The van der Waals surface area contributed by atoms with Crippen LogP contribution in [0.4, 0.5) is 0 Å². The summed E-state index contributed by atoms with van der Waals surface area (Å²) < 4.78 is 16.6. The van der Waals surface area contributed by atoms with Gasteiger partial charge in [-0.1, -0.05) is 24.3 Å². The van der Waals surface area contributed by atoms with E-state index in [-0.39, 0.29) is 12.4 Å². The van der Waals surface area contributed by atoms with E-state index in [0.717, 1.165) is 21.3 Å². The average molecular weight is 365 g/mol. The Labute approximate surface area is 138 Å². The molecule has 0 spiro atoms. The van der Waals surface area contributed by atoms with Crippen molar-refractivity contribution in [1.29, 1.82) is 0 Å². The van der Waals surface area contributed by atoms with Gasteiger partial charge >= 0.3 is 5.97 Å². The molecule has 0 amide bonds. The van der Waals surface area contributed by atoms with Crippen LogP contribution in [0.5, 0.6) is 11.5 Å². The maximum atomic E-state index is 11.4. The van der Waals surface area contributed by atoms with E-state index in [0.29, 0.717) is 12.4 Å². The highest BCUT2D eigenvalue weighted by atomic mass is 79.9. The third kappa shape index (κ3) is 4.24. The van der Waals surface area contributed by atoms with Crippen molar-refractivity contribution >= 4 is 21.9 Å². The first-order valence-corrected chi connectivity index (χ1v) is 7.53. The van der Waals surface area contributed by atoms with E-state index in [9.17, 15) is 4.79 Å². The molecule has 22 heavy (non-hydrogen) atoms. The number of rotatable bonds is 6. The fraction of sp³-hybridized carbons (Fsp3) is 0.235. The van der Waals surface area contributed by atoms with Crippen LogP contribution in [0.15, 0.2) is 46.9 Å². The number of ether oxygens (including phenoxy) is 3. The second-order valence-corrected chi connectivity index (χ2v) is 5.47. The lowest BCUT2D eigenvalue weighted by atomic mass is 10.1. The lowest BCUT2D eigenvalue weighted by Crippen LogP contribution is -2.06. The minimum absolute atomic E-state index is 0.193. The van der Waals surface area contributed by atoms with Gasteiger partial charge in [0.25, 0.3) is 0 Å². The zero-order valence-corrected chi connectivity index (χ0v) is 14.1. The molecule has 2 aromatic rings. The Kier molecular flexibility index (Phi) is 5.83. The van der Waals surface area contributed by atoms with Crippen LogP contribution in [0.25, 0.3) is 0 Å². The lowest BCUT2D eigenvalue weighted by molar-refractivity contribution is -0.139. The number of carbonyl (C=O) groups excluding carboxylic acids is 1. The number of hydrogen-bond donors (Lipinski definition) is 0. The number of halogens is 1. The summed E-state index contributed by atoms with van der Waals surface area (Å²) in [5.74, 6) is 1.16. The van der Waals surface area contributed by atoms with Gasteiger partial charge in [-0.25, -0.2) is 0 Å². The van der Waals surface area contributed by atoms with Crippen LogP contribution in [0.1, 0.15) is 11.1 Å². The molecule has 0 aromatic heterocycles. The minimum atomic E-state index is -0.289. The normalized spacial score (nSPS) is 10.1. The number of methoxy groups -OCH3 is 2. The number of benzene rings is 2. The van der Waals surface area contributed by atoms with Crippen molar-refractivity contribution in [2.24, 2.45) is 0 Å². The standard InChI is InChI=1S/C17H17BrO4/c1-20-16-8-7-12(9-14(16)18)11-22-15-6-4-3-5-13(15)10-17(19)21-2/h3-9H,10-11H2,1-2H3. The Morgan fingerprint density at radius 3 is 2.55 bits per heavy atom. The maximum absolute atomic E-state index is 11.4. The van der Waals surface area contributed by atoms with E-state index in [1.54, 1.807) is 7.11 Å². The first kappa shape index (κ1) is 16.4. The molecule has 0 radical (unpaired) electrons. The Hall–Kier alpha value is -2.01. The average Bonchev–Trinajstić information content (AvgIpc) is 2.54. The molecule has 0 unspecified atom stereocenters. The summed E-state index contributed by atoms with van der Waals surface area (Å²) in [6.07, 6.45) is 0.193. The van der Waals surface area contributed by atoms with Crippen LogP contribution in [0, 0.1) is 0 Å². The van der Waals surface area contributed by atoms with Gasteiger partial charge in [-0.15, -0.1) is 0 Å². The van der Waals surface area contributed by atoms with Gasteiger partial charge in [0.15, 0.2) is 0 Å². The van der Waals surface area contributed by atoms with Gasteiger partial charge < -0.3 is 14.2 Å². The van der Waals surface area contributed by atoms with Crippen molar-refractivity contribution < 1.29 is 19.0 Å². The summed E-state index contributed by atoms with van der Waals surface area (Å²) in [5, 5.41) is 0. The van der Waals surface area contributed by atoms with Crippen molar-refractivity contribution in [2.45, 2.75) is 13.0 Å². The molecule has 2 aromatic carbocycles. The molecule has 0 aliphatic carbocycles. The van der Waals surface area contributed by atoms with Crippen LogP contribution in [0.3, 0.4) is 0 Å². The van der Waals surface area contributed by atoms with Crippen molar-refractivity contribution in [3.8, 4) is 11.5 Å². The van der Waals surface area contributed by atoms with Crippen LogP contribution >= 0.6 is 15.9 Å². The molecule has 0 N–H and O–H groups in total. The molecule has 0 aliphatic heterocycles. The molecule has 4 nitrogen and oxygen atoms in total. The fourth-order valence-corrected chi connectivity index (χ4v) is 2.57. The van der Waals surface area contributed by atoms with Crippen LogP contribution in [0.2, 0.25) is 0 Å². The van der Waals surface area contributed by atoms with Gasteiger partial charge in [0.1, 0.15) is 18.1 Å². The Morgan fingerprint density at radius 2 is 1.86 bits per heavy atom. The van der Waals surface area contributed by atoms with E-state index < -0.39 is 0 Å². The second kappa shape index (κ2) is 7.84. The molecule has 0 heterocycles. The van der Waals surface area contributed by atoms with E-state index in [2.05, 4.69) is 15.9 Å². The molecule has 0 bridgehead atoms. The summed E-state index contributed by atoms with van der Waals surface area (Å²) in [6.45, 7) is 0.404.